The minimum Gasteiger partial charge on any atom is -0.504 e. The van der Waals surface area contributed by atoms with Gasteiger partial charge < -0.3 is 136 Å². The van der Waals surface area contributed by atoms with Crippen LogP contribution in [0.15, 0.2) is 36.4 Å². The van der Waals surface area contributed by atoms with E-state index in [4.69, 9.17) is 28.4 Å². The summed E-state index contributed by atoms with van der Waals surface area (Å²) in [6, 6.07) is -2.13. The number of cyclic esters (lactones) is 3. The van der Waals surface area contributed by atoms with Crippen molar-refractivity contribution in [2.45, 2.75) is 110 Å². The van der Waals surface area contributed by atoms with E-state index in [0.29, 0.717) is 0 Å². The molecule has 444 valence electrons. The number of hydrogen-bond acceptors (Lipinski definition) is 30. The first kappa shape index (κ1) is 61.3. The predicted octanol–water partition coefficient (Wildman–Crippen LogP) is -8.20. The molecule has 33 nitrogen and oxygen atoms in total. The molecule has 4 heterocycles. The lowest BCUT2D eigenvalue weighted by atomic mass is 9.90. The third-order valence-electron chi connectivity index (χ3n) is 13.7. The van der Waals surface area contributed by atoms with Gasteiger partial charge in [0.2, 0.25) is 0 Å². The quantitative estimate of drug-likeness (QED) is 0.0455. The third-order valence-corrected chi connectivity index (χ3v) is 13.7. The van der Waals surface area contributed by atoms with E-state index in [1.54, 1.807) is 0 Å². The molecule has 0 unspecified atom stereocenters. The summed E-state index contributed by atoms with van der Waals surface area (Å²) in [5.41, 5.74) is -3.87. The molecule has 4 aliphatic heterocycles. The van der Waals surface area contributed by atoms with Crippen LogP contribution in [0.1, 0.15) is 66.1 Å². The molecule has 21 N–H and O–H groups in total. The molecule has 3 aromatic carbocycles. The lowest BCUT2D eigenvalue weighted by molar-refractivity contribution is -0.231. The van der Waals surface area contributed by atoms with Crippen LogP contribution in [0, 0.1) is 0 Å². The van der Waals surface area contributed by atoms with E-state index in [2.05, 4.69) is 0 Å². The van der Waals surface area contributed by atoms with E-state index in [-0.39, 0.29) is 16.7 Å². The van der Waals surface area contributed by atoms with Crippen LogP contribution < -0.4 is 16.0 Å². The number of ether oxygens (including phenoxy) is 6. The van der Waals surface area contributed by atoms with Gasteiger partial charge in [0, 0.05) is 0 Å². The fraction of sp³-hybridized carbons (Fsp3) is 0.500. The Morgan fingerprint density at radius 2 is 0.617 bits per heavy atom. The Morgan fingerprint density at radius 3 is 0.840 bits per heavy atom. The molecule has 4 saturated heterocycles. The van der Waals surface area contributed by atoms with Crippen LogP contribution in [-0.2, 0) is 42.8 Å². The molecule has 7 rings (SSSR count). The molecule has 0 saturated carbocycles. The summed E-state index contributed by atoms with van der Waals surface area (Å²) in [5.74, 6) is -16.2. The molecule has 0 radical (unpaired) electrons. The first-order valence-corrected chi connectivity index (χ1v) is 24.2. The predicted molar refractivity (Wildman–Crippen MR) is 254 cm³/mol. The molecular formula is C48H57N3O30. The lowest BCUT2D eigenvalue weighted by Crippen LogP contribution is -2.55. The second-order valence-corrected chi connectivity index (χ2v) is 19.0. The van der Waals surface area contributed by atoms with Crippen molar-refractivity contribution in [3.05, 3.63) is 69.8 Å². The van der Waals surface area contributed by atoms with E-state index < -0.39 is 236 Å². The number of hydrogen-bond donors (Lipinski definition) is 21. The summed E-state index contributed by atoms with van der Waals surface area (Å²) in [6.45, 7) is -6.58. The summed E-state index contributed by atoms with van der Waals surface area (Å²) in [5, 5.41) is 194. The van der Waals surface area contributed by atoms with Crippen LogP contribution >= 0.6 is 0 Å². The van der Waals surface area contributed by atoms with Crippen LogP contribution in [0.3, 0.4) is 0 Å². The summed E-state index contributed by atoms with van der Waals surface area (Å²) < 4.78 is 32.1. The second-order valence-electron chi connectivity index (χ2n) is 19.0. The van der Waals surface area contributed by atoms with Crippen molar-refractivity contribution in [3.8, 4) is 34.5 Å². The van der Waals surface area contributed by atoms with Crippen molar-refractivity contribution in [2.24, 2.45) is 0 Å². The number of rotatable bonds is 12. The molecule has 0 bridgehead atoms. The van der Waals surface area contributed by atoms with Crippen LogP contribution in [0.25, 0.3) is 0 Å². The standard InChI is InChI=1S/C48H57N3O30/c52-7-25-31(61)34(64)37(67)40(79-25)13-1-16(28(58)22(55)4-13)43(70)49-19-10-76-47(74)21(51-45(72)18-3-15(6-24(57)30(18)60)42-39(69)36(66)33(63)27(9-54)81-42)12-78-48(75)20(11-77-46(19)73)50-44(71)17-2-14(5-23(56)29(17)59)41-38(68)35(65)32(62)26(8-53)80-41/h1-6,19-21,25-27,31-42,52-69H,7-12H2,(H,49,70)(H,50,71)(H,51,72)/t19-,20-,21-,25+,26+,27+,31+,32+,33+,34-,35-,36-,37+,38+,39+,40-,41-,42-/m0/s1. The third kappa shape index (κ3) is 12.6. The second kappa shape index (κ2) is 25.2. The van der Waals surface area contributed by atoms with Crippen LogP contribution in [0.2, 0.25) is 0 Å². The molecule has 18 atom stereocenters. The van der Waals surface area contributed by atoms with Gasteiger partial charge in [0.25, 0.3) is 17.7 Å². The van der Waals surface area contributed by atoms with E-state index in [1.807, 2.05) is 16.0 Å². The number of aromatic hydroxyl groups is 6. The number of nitrogens with one attached hydrogen (secondary N) is 3. The number of carbonyl (C=O) groups is 6. The maximum absolute atomic E-state index is 13.9. The summed E-state index contributed by atoms with van der Waals surface area (Å²) in [6.07, 6.45) is -27.0. The Kier molecular flexibility index (Phi) is 19.1. The summed E-state index contributed by atoms with van der Waals surface area (Å²) in [4.78, 5) is 83.5. The van der Waals surface area contributed by atoms with Gasteiger partial charge in [-0.15, -0.1) is 0 Å². The number of carbonyl (C=O) groups excluding carboxylic acids is 6. The molecule has 4 aliphatic rings. The van der Waals surface area contributed by atoms with Crippen molar-refractivity contribution >= 4 is 35.6 Å². The highest BCUT2D eigenvalue weighted by Gasteiger charge is 2.48. The van der Waals surface area contributed by atoms with E-state index in [1.165, 1.54) is 0 Å². The summed E-state index contributed by atoms with van der Waals surface area (Å²) >= 11 is 0. The smallest absolute Gasteiger partial charge is 0.332 e. The highest BCUT2D eigenvalue weighted by molar-refractivity contribution is 6.02. The first-order chi connectivity index (χ1) is 38.2. The molecule has 33 heteroatoms. The largest absolute Gasteiger partial charge is 0.504 e. The van der Waals surface area contributed by atoms with E-state index in [9.17, 15) is 121 Å². The molecule has 3 aromatic rings. The first-order valence-electron chi connectivity index (χ1n) is 24.2. The number of amides is 3. The zero-order chi connectivity index (χ0) is 59.6. The number of phenolic OH excluding ortho intramolecular Hbond substituents is 6. The zero-order valence-electron chi connectivity index (χ0n) is 41.5. The summed E-state index contributed by atoms with van der Waals surface area (Å²) in [7, 11) is 0. The van der Waals surface area contributed by atoms with Crippen molar-refractivity contribution < 1.29 is 149 Å². The number of benzene rings is 3. The van der Waals surface area contributed by atoms with Gasteiger partial charge in [-0.25, -0.2) is 14.4 Å². The monoisotopic (exact) mass is 1160 g/mol. The molecule has 81 heavy (non-hydrogen) atoms. The zero-order valence-corrected chi connectivity index (χ0v) is 41.5. The minimum atomic E-state index is -2.26. The Balaban J connectivity index is 1.21. The molecule has 0 aliphatic carbocycles. The van der Waals surface area contributed by atoms with Gasteiger partial charge >= 0.3 is 17.9 Å². The number of esters is 3. The van der Waals surface area contributed by atoms with Gasteiger partial charge in [0.15, 0.2) is 52.6 Å². The highest BCUT2D eigenvalue weighted by atomic mass is 16.6. The topological polar surface area (TPSA) is 558 Å². The Labute approximate surface area is 453 Å². The average molecular weight is 1160 g/mol. The van der Waals surface area contributed by atoms with Crippen molar-refractivity contribution in [1.82, 2.24) is 16.0 Å². The molecule has 0 aromatic heterocycles. The maximum Gasteiger partial charge on any atom is 0.332 e. The number of aliphatic hydroxyl groups excluding tert-OH is 12. The van der Waals surface area contributed by atoms with Crippen molar-refractivity contribution in [3.63, 3.8) is 0 Å². The van der Waals surface area contributed by atoms with Gasteiger partial charge in [0.05, 0.1) is 36.5 Å². The minimum absolute atomic E-state index is 0.369. The number of phenols is 6. The fourth-order valence-corrected chi connectivity index (χ4v) is 9.08. The van der Waals surface area contributed by atoms with Crippen LogP contribution in [0.5, 0.6) is 34.5 Å². The molecule has 0 spiro atoms. The highest BCUT2D eigenvalue weighted by Crippen LogP contribution is 2.42. The SMILES string of the molecule is O=C(N[C@H]1COC(=O)[C@@H](NC(=O)c2cc([C@@H]3O[C@H](CO)[C@@H](O)[C@H](O)[C@H]3O)cc(O)c2O)COC(=O)[C@@H](NC(=O)c2cc([C@@H]3O[C@H](CO)[C@@H](O)[C@H](O)[C@H]3O)cc(O)c2O)COC1=O)c1cc([C@@H]2O[C@H](CO)[C@@H](O)[C@H](O)[C@H]2O)cc(O)c1O. The fourth-order valence-electron chi connectivity index (χ4n) is 9.08. The van der Waals surface area contributed by atoms with E-state index in [0.717, 1.165) is 36.4 Å². The Bertz CT molecular complexity index is 2550. The molecule has 3 amide bonds. The molecular weight excluding hydrogens is 1100 g/mol. The lowest BCUT2D eigenvalue weighted by Gasteiger charge is -2.40. The van der Waals surface area contributed by atoms with Gasteiger partial charge in [-0.1, -0.05) is 0 Å². The maximum atomic E-state index is 13.9. The van der Waals surface area contributed by atoms with E-state index >= 15 is 0 Å². The molecule has 4 fully saturated rings. The normalized spacial score (nSPS) is 33.1. The van der Waals surface area contributed by atoms with Crippen molar-refractivity contribution in [1.29, 1.82) is 0 Å². The van der Waals surface area contributed by atoms with Gasteiger partial charge in [-0.2, -0.15) is 0 Å². The van der Waals surface area contributed by atoms with Gasteiger partial charge in [0.1, 0.15) is 111 Å². The van der Waals surface area contributed by atoms with Gasteiger partial charge in [-0.05, 0) is 53.1 Å². The Morgan fingerprint density at radius 1 is 0.383 bits per heavy atom. The average Bonchev–Trinajstić information content (AvgIpc) is 3.48. The van der Waals surface area contributed by atoms with Crippen molar-refractivity contribution in [2.75, 3.05) is 39.6 Å². The Hall–Kier alpha value is -7.32. The van der Waals surface area contributed by atoms with Crippen LogP contribution in [0.4, 0.5) is 0 Å². The number of aliphatic hydroxyl groups is 12. The van der Waals surface area contributed by atoms with Crippen LogP contribution in [-0.4, -0.2) is 259 Å². The van der Waals surface area contributed by atoms with Gasteiger partial charge in [-0.3, -0.25) is 14.4 Å².